The molecular weight excluding hydrogens is 312 g/mol. The van der Waals surface area contributed by atoms with Gasteiger partial charge >= 0.3 is 0 Å². The van der Waals surface area contributed by atoms with Gasteiger partial charge in [0, 0.05) is 17.7 Å². The van der Waals surface area contributed by atoms with E-state index >= 15 is 0 Å². The molecule has 0 amide bonds. The highest BCUT2D eigenvalue weighted by Gasteiger charge is 2.19. The largest absolute Gasteiger partial charge is 0.508 e. The summed E-state index contributed by atoms with van der Waals surface area (Å²) in [5, 5.41) is 29.6. The van der Waals surface area contributed by atoms with Gasteiger partial charge in [0.2, 0.25) is 5.75 Å². The van der Waals surface area contributed by atoms with Gasteiger partial charge in [0.25, 0.3) is 0 Å². The highest BCUT2D eigenvalue weighted by Crippen LogP contribution is 2.42. The van der Waals surface area contributed by atoms with Gasteiger partial charge in [-0.15, -0.1) is 0 Å². The van der Waals surface area contributed by atoms with Crippen molar-refractivity contribution in [2.75, 3.05) is 0 Å². The molecule has 1 aromatic heterocycles. The van der Waals surface area contributed by atoms with Gasteiger partial charge in [-0.2, -0.15) is 0 Å². The molecule has 0 aliphatic carbocycles. The molecular formula is C18H16O6. The molecule has 24 heavy (non-hydrogen) atoms. The fraction of sp³-hybridized carbons (Fsp3) is 0.167. The fourth-order valence-electron chi connectivity index (χ4n) is 2.39. The van der Waals surface area contributed by atoms with Crippen LogP contribution in [-0.2, 0) is 0 Å². The Kier molecular flexibility index (Phi) is 3.81. The molecule has 3 aromatic rings. The lowest BCUT2D eigenvalue weighted by Crippen LogP contribution is -2.07. The van der Waals surface area contributed by atoms with Crippen LogP contribution in [0.1, 0.15) is 13.8 Å². The zero-order valence-electron chi connectivity index (χ0n) is 13.1. The Morgan fingerprint density at radius 1 is 1.04 bits per heavy atom. The van der Waals surface area contributed by atoms with Crippen molar-refractivity contribution >= 4 is 11.0 Å². The third-order valence-corrected chi connectivity index (χ3v) is 3.43. The maximum Gasteiger partial charge on any atom is 0.204 e. The van der Waals surface area contributed by atoms with Crippen LogP contribution < -0.4 is 10.2 Å². The van der Waals surface area contributed by atoms with Crippen LogP contribution in [0.15, 0.2) is 45.6 Å². The van der Waals surface area contributed by atoms with E-state index in [0.29, 0.717) is 5.56 Å². The van der Waals surface area contributed by atoms with Gasteiger partial charge in [0.1, 0.15) is 22.5 Å². The van der Waals surface area contributed by atoms with Crippen molar-refractivity contribution in [3.8, 4) is 34.3 Å². The van der Waals surface area contributed by atoms with Gasteiger partial charge in [0.05, 0.1) is 6.10 Å². The van der Waals surface area contributed by atoms with Crippen molar-refractivity contribution in [2.24, 2.45) is 0 Å². The minimum Gasteiger partial charge on any atom is -0.508 e. The molecule has 0 aliphatic heterocycles. The summed E-state index contributed by atoms with van der Waals surface area (Å²) in [6.07, 6.45) is -0.289. The molecule has 0 radical (unpaired) electrons. The van der Waals surface area contributed by atoms with E-state index in [9.17, 15) is 20.1 Å². The third-order valence-electron chi connectivity index (χ3n) is 3.43. The molecule has 0 fully saturated rings. The molecule has 2 aromatic carbocycles. The summed E-state index contributed by atoms with van der Waals surface area (Å²) >= 11 is 0. The van der Waals surface area contributed by atoms with E-state index in [0.717, 1.165) is 0 Å². The molecule has 0 unspecified atom stereocenters. The van der Waals surface area contributed by atoms with Crippen LogP contribution in [-0.4, -0.2) is 21.4 Å². The molecule has 0 spiro atoms. The van der Waals surface area contributed by atoms with Gasteiger partial charge in [-0.1, -0.05) is 0 Å². The van der Waals surface area contributed by atoms with Crippen molar-refractivity contribution in [1.82, 2.24) is 0 Å². The van der Waals surface area contributed by atoms with Crippen molar-refractivity contribution < 1.29 is 24.5 Å². The first-order chi connectivity index (χ1) is 11.4. The number of benzene rings is 2. The highest BCUT2D eigenvalue weighted by atomic mass is 16.5. The number of phenolic OH excluding ortho intramolecular Hbond substituents is 3. The quantitative estimate of drug-likeness (QED) is 0.681. The summed E-state index contributed by atoms with van der Waals surface area (Å²) in [5.41, 5.74) is 0.149. The Labute approximate surface area is 137 Å². The predicted octanol–water partition coefficient (Wildman–Crippen LogP) is 3.36. The maximum atomic E-state index is 12.4. The van der Waals surface area contributed by atoms with E-state index in [1.54, 1.807) is 26.0 Å². The van der Waals surface area contributed by atoms with Crippen LogP contribution in [0, 0.1) is 0 Å². The number of phenols is 3. The van der Waals surface area contributed by atoms with E-state index in [-0.39, 0.29) is 40.1 Å². The van der Waals surface area contributed by atoms with Gasteiger partial charge in [-0.3, -0.25) is 4.79 Å². The number of hydrogen-bond donors (Lipinski definition) is 3. The Bertz CT molecular complexity index is 954. The number of rotatable bonds is 3. The van der Waals surface area contributed by atoms with Crippen LogP contribution in [0.25, 0.3) is 22.3 Å². The molecule has 0 atom stereocenters. The van der Waals surface area contributed by atoms with Crippen molar-refractivity contribution in [1.29, 1.82) is 0 Å². The molecule has 6 nitrogen and oxygen atoms in total. The number of ether oxygens (including phenoxy) is 1. The molecule has 0 bridgehead atoms. The highest BCUT2D eigenvalue weighted by molar-refractivity contribution is 5.89. The smallest absolute Gasteiger partial charge is 0.204 e. The second-order valence-electron chi connectivity index (χ2n) is 5.63. The number of aromatic hydroxyl groups is 3. The summed E-state index contributed by atoms with van der Waals surface area (Å²) in [4.78, 5) is 12.4. The SMILES string of the molecule is CC(C)Oc1c(O)cc2oc(-c3ccc(O)cc3)cc(=O)c2c1O. The minimum absolute atomic E-state index is 0.0386. The average molecular weight is 328 g/mol. The number of hydrogen-bond acceptors (Lipinski definition) is 6. The lowest BCUT2D eigenvalue weighted by atomic mass is 10.1. The summed E-state index contributed by atoms with van der Waals surface area (Å²) in [7, 11) is 0. The molecule has 124 valence electrons. The van der Waals surface area contributed by atoms with Crippen molar-refractivity contribution in [3.63, 3.8) is 0 Å². The summed E-state index contributed by atoms with van der Waals surface area (Å²) < 4.78 is 11.0. The Balaban J connectivity index is 2.23. The summed E-state index contributed by atoms with van der Waals surface area (Å²) in [6.45, 7) is 3.47. The topological polar surface area (TPSA) is 100 Å². The second-order valence-corrected chi connectivity index (χ2v) is 5.63. The first kappa shape index (κ1) is 15.7. The molecule has 6 heteroatoms. The Morgan fingerprint density at radius 3 is 2.33 bits per heavy atom. The van der Waals surface area contributed by atoms with Crippen LogP contribution >= 0.6 is 0 Å². The zero-order valence-corrected chi connectivity index (χ0v) is 13.1. The molecule has 3 N–H and O–H groups in total. The molecule has 0 aliphatic rings. The molecule has 0 saturated carbocycles. The maximum absolute atomic E-state index is 12.4. The van der Waals surface area contributed by atoms with Gasteiger partial charge in [-0.05, 0) is 38.1 Å². The monoisotopic (exact) mass is 328 g/mol. The first-order valence-electron chi connectivity index (χ1n) is 7.35. The number of fused-ring (bicyclic) bond motifs is 1. The second kappa shape index (κ2) is 5.81. The normalized spacial score (nSPS) is 11.1. The lowest BCUT2D eigenvalue weighted by Gasteiger charge is -2.14. The molecule has 1 heterocycles. The molecule has 3 rings (SSSR count). The zero-order chi connectivity index (χ0) is 17.4. The minimum atomic E-state index is -0.467. The van der Waals surface area contributed by atoms with Crippen molar-refractivity contribution in [2.45, 2.75) is 20.0 Å². The van der Waals surface area contributed by atoms with E-state index < -0.39 is 11.2 Å². The van der Waals surface area contributed by atoms with Crippen LogP contribution in [0.2, 0.25) is 0 Å². The Hall–Kier alpha value is -3.15. The van der Waals surface area contributed by atoms with Gasteiger partial charge in [-0.25, -0.2) is 0 Å². The predicted molar refractivity (Wildman–Crippen MR) is 88.7 cm³/mol. The van der Waals surface area contributed by atoms with Crippen LogP contribution in [0.3, 0.4) is 0 Å². The average Bonchev–Trinajstić information content (AvgIpc) is 2.51. The van der Waals surface area contributed by atoms with E-state index in [1.165, 1.54) is 24.3 Å². The van der Waals surface area contributed by atoms with E-state index in [1.807, 2.05) is 0 Å². The van der Waals surface area contributed by atoms with E-state index in [2.05, 4.69) is 0 Å². The molecule has 0 saturated heterocycles. The third kappa shape index (κ3) is 2.74. The van der Waals surface area contributed by atoms with Crippen LogP contribution in [0.4, 0.5) is 0 Å². The Morgan fingerprint density at radius 2 is 1.71 bits per heavy atom. The standard InChI is InChI=1S/C18H16O6/c1-9(2)23-18-13(21)8-15-16(17(18)22)12(20)7-14(24-15)10-3-5-11(19)6-4-10/h3-9,19,21-22H,1-2H3. The summed E-state index contributed by atoms with van der Waals surface area (Å²) in [5.74, 6) is -0.580. The lowest BCUT2D eigenvalue weighted by molar-refractivity contribution is 0.222. The van der Waals surface area contributed by atoms with Gasteiger partial charge in [0.15, 0.2) is 16.9 Å². The van der Waals surface area contributed by atoms with Crippen LogP contribution in [0.5, 0.6) is 23.0 Å². The first-order valence-corrected chi connectivity index (χ1v) is 7.35. The fourth-order valence-corrected chi connectivity index (χ4v) is 2.39. The van der Waals surface area contributed by atoms with E-state index in [4.69, 9.17) is 9.15 Å². The van der Waals surface area contributed by atoms with Crippen molar-refractivity contribution in [3.05, 3.63) is 46.6 Å². The summed E-state index contributed by atoms with van der Waals surface area (Å²) in [6, 6.07) is 8.59. The van der Waals surface area contributed by atoms with Gasteiger partial charge < -0.3 is 24.5 Å².